The number of carbonyl (C=O) groups is 3. The van der Waals surface area contributed by atoms with Gasteiger partial charge in [0.15, 0.2) is 0 Å². The molecule has 2 aliphatic rings. The Kier molecular flexibility index (Phi) is 9.34. The van der Waals surface area contributed by atoms with Gasteiger partial charge < -0.3 is 25.2 Å². The minimum Gasteiger partial charge on any atom is -0.369 e. The number of hydrogen-bond acceptors (Lipinski definition) is 5. The highest BCUT2D eigenvalue weighted by atomic mass is 19.1. The molecule has 1 aromatic carbocycles. The molecule has 0 aliphatic carbocycles. The molecule has 5 unspecified atom stereocenters. The van der Waals surface area contributed by atoms with Crippen LogP contribution in [0.4, 0.5) is 4.39 Å². The largest absolute Gasteiger partial charge is 0.369 e. The maximum atomic E-state index is 14.0. The van der Waals surface area contributed by atoms with Gasteiger partial charge in [-0.25, -0.2) is 4.39 Å². The number of hydrogen-bond donors (Lipinski definition) is 2. The zero-order valence-corrected chi connectivity index (χ0v) is 23.2. The van der Waals surface area contributed by atoms with Crippen molar-refractivity contribution in [2.24, 2.45) is 11.3 Å². The van der Waals surface area contributed by atoms with Gasteiger partial charge in [0, 0.05) is 19.5 Å². The second-order valence-electron chi connectivity index (χ2n) is 11.8. The number of fused-ring (bicyclic) bond motifs is 1. The lowest BCUT2D eigenvalue weighted by Crippen LogP contribution is -2.59. The highest BCUT2D eigenvalue weighted by Gasteiger charge is 2.54. The zero-order valence-electron chi connectivity index (χ0n) is 23.2. The molecule has 2 fully saturated rings. The minimum absolute atomic E-state index is 0.0655. The van der Waals surface area contributed by atoms with E-state index in [0.29, 0.717) is 25.9 Å². The Balaban J connectivity index is 1.85. The van der Waals surface area contributed by atoms with E-state index >= 15 is 0 Å². The molecule has 0 radical (unpaired) electrons. The average Bonchev–Trinajstić information content (AvgIpc) is 3.41. The predicted molar refractivity (Wildman–Crippen MR) is 140 cm³/mol. The molecule has 5 atom stereocenters. The smallest absolute Gasteiger partial charge is 0.246 e. The second-order valence-corrected chi connectivity index (χ2v) is 11.8. The van der Waals surface area contributed by atoms with Gasteiger partial charge in [0.25, 0.3) is 0 Å². The molecular weight excluding hydrogens is 475 g/mol. The summed E-state index contributed by atoms with van der Waals surface area (Å²) in [5.74, 6) is -0.429. The highest BCUT2D eigenvalue weighted by Crippen LogP contribution is 2.36. The van der Waals surface area contributed by atoms with Crippen molar-refractivity contribution in [1.29, 1.82) is 0 Å². The number of benzene rings is 1. The second kappa shape index (κ2) is 11.9. The number of nitrogens with zero attached hydrogens (tertiary/aromatic N) is 2. The van der Waals surface area contributed by atoms with E-state index in [1.807, 2.05) is 44.4 Å². The maximum absolute atomic E-state index is 14.0. The Bertz CT molecular complexity index is 962. The fourth-order valence-electron chi connectivity index (χ4n) is 5.18. The molecule has 0 spiro atoms. The number of nitrogens with one attached hydrogen (secondary N) is 2. The zero-order chi connectivity index (χ0) is 27.5. The van der Waals surface area contributed by atoms with Crippen molar-refractivity contribution in [1.82, 2.24) is 20.4 Å². The van der Waals surface area contributed by atoms with Crippen molar-refractivity contribution in [3.8, 4) is 0 Å². The number of rotatable bonds is 9. The fourth-order valence-corrected chi connectivity index (χ4v) is 5.18. The third-order valence-corrected chi connectivity index (χ3v) is 7.37. The normalized spacial score (nSPS) is 23.2. The standard InChI is InChI=1S/C28H43FN4O4/c1-17(2)14-23(34)33-15-22(37-16-19-8-10-20(29)11-9-19)24-21(33)12-13-32(24)27(36)25(28(4,5)6)31-26(35)18(3)30-7/h8-11,17-18,21-22,24-25,30H,12-16H2,1-7H3,(H,31,35). The van der Waals surface area contributed by atoms with Gasteiger partial charge in [-0.2, -0.15) is 0 Å². The van der Waals surface area contributed by atoms with Crippen LogP contribution in [0.15, 0.2) is 24.3 Å². The summed E-state index contributed by atoms with van der Waals surface area (Å²) in [5.41, 5.74) is 0.302. The van der Waals surface area contributed by atoms with E-state index in [1.165, 1.54) is 12.1 Å². The summed E-state index contributed by atoms with van der Waals surface area (Å²) in [7, 11) is 1.70. The van der Waals surface area contributed by atoms with Crippen molar-refractivity contribution >= 4 is 17.7 Å². The molecular formula is C28H43FN4O4. The molecule has 2 heterocycles. The van der Waals surface area contributed by atoms with E-state index in [0.717, 1.165) is 5.56 Å². The average molecular weight is 519 g/mol. The Morgan fingerprint density at radius 1 is 1.11 bits per heavy atom. The first-order valence-corrected chi connectivity index (χ1v) is 13.3. The Morgan fingerprint density at radius 2 is 1.76 bits per heavy atom. The highest BCUT2D eigenvalue weighted by molar-refractivity contribution is 5.90. The Labute approximate surface area is 220 Å². The fraction of sp³-hybridized carbons (Fsp3) is 0.679. The summed E-state index contributed by atoms with van der Waals surface area (Å²) in [4.78, 5) is 43.5. The van der Waals surface area contributed by atoms with Crippen LogP contribution in [0.25, 0.3) is 0 Å². The summed E-state index contributed by atoms with van der Waals surface area (Å²) in [5, 5.41) is 5.87. The lowest BCUT2D eigenvalue weighted by Gasteiger charge is -2.37. The summed E-state index contributed by atoms with van der Waals surface area (Å²) < 4.78 is 19.7. The van der Waals surface area contributed by atoms with Crippen molar-refractivity contribution in [3.63, 3.8) is 0 Å². The van der Waals surface area contributed by atoms with Crippen LogP contribution in [0, 0.1) is 17.2 Å². The van der Waals surface area contributed by atoms with Crippen molar-refractivity contribution in [2.45, 2.75) is 91.3 Å². The van der Waals surface area contributed by atoms with E-state index < -0.39 is 17.5 Å². The molecule has 37 heavy (non-hydrogen) atoms. The number of ether oxygens (including phenoxy) is 1. The molecule has 3 amide bonds. The first kappa shape index (κ1) is 29.0. The summed E-state index contributed by atoms with van der Waals surface area (Å²) in [6.45, 7) is 12.7. The van der Waals surface area contributed by atoms with Gasteiger partial charge in [-0.15, -0.1) is 0 Å². The molecule has 0 saturated carbocycles. The van der Waals surface area contributed by atoms with Crippen LogP contribution in [0.5, 0.6) is 0 Å². The van der Waals surface area contributed by atoms with Gasteiger partial charge in [0.1, 0.15) is 11.9 Å². The van der Waals surface area contributed by atoms with Crippen LogP contribution >= 0.6 is 0 Å². The quantitative estimate of drug-likeness (QED) is 0.525. The maximum Gasteiger partial charge on any atom is 0.246 e. The lowest BCUT2D eigenvalue weighted by molar-refractivity contribution is -0.142. The van der Waals surface area contributed by atoms with Crippen molar-refractivity contribution in [2.75, 3.05) is 20.1 Å². The van der Waals surface area contributed by atoms with E-state index in [9.17, 15) is 18.8 Å². The van der Waals surface area contributed by atoms with E-state index in [2.05, 4.69) is 10.6 Å². The van der Waals surface area contributed by atoms with Crippen molar-refractivity contribution < 1.29 is 23.5 Å². The Hall–Kier alpha value is -2.52. The van der Waals surface area contributed by atoms with Gasteiger partial charge in [0.05, 0.1) is 30.8 Å². The molecule has 1 aromatic rings. The van der Waals surface area contributed by atoms with Crippen LogP contribution in [-0.2, 0) is 25.7 Å². The summed E-state index contributed by atoms with van der Waals surface area (Å²) in [6, 6.07) is 4.52. The van der Waals surface area contributed by atoms with Gasteiger partial charge in [0.2, 0.25) is 17.7 Å². The van der Waals surface area contributed by atoms with Gasteiger partial charge in [-0.3, -0.25) is 14.4 Å². The Morgan fingerprint density at radius 3 is 2.32 bits per heavy atom. The molecule has 3 rings (SSSR count). The molecule has 9 heteroatoms. The number of likely N-dealkylation sites (N-methyl/N-ethyl adjacent to an activating group) is 1. The van der Waals surface area contributed by atoms with E-state index in [-0.39, 0.29) is 54.3 Å². The third kappa shape index (κ3) is 6.87. The molecule has 2 aliphatic heterocycles. The van der Waals surface area contributed by atoms with Crippen LogP contribution in [0.2, 0.25) is 0 Å². The first-order valence-electron chi connectivity index (χ1n) is 13.3. The van der Waals surface area contributed by atoms with Crippen LogP contribution < -0.4 is 10.6 Å². The number of amides is 3. The summed E-state index contributed by atoms with van der Waals surface area (Å²) >= 11 is 0. The minimum atomic E-state index is -0.729. The molecule has 8 nitrogen and oxygen atoms in total. The lowest BCUT2D eigenvalue weighted by atomic mass is 9.85. The number of halogens is 1. The van der Waals surface area contributed by atoms with Crippen LogP contribution in [0.1, 0.15) is 59.9 Å². The SMILES string of the molecule is CNC(C)C(=O)NC(C(=O)N1CCC2C1C(OCc1ccc(F)cc1)CN2C(=O)CC(C)C)C(C)(C)C. The van der Waals surface area contributed by atoms with Gasteiger partial charge >= 0.3 is 0 Å². The molecule has 206 valence electrons. The molecule has 2 N–H and O–H groups in total. The molecule has 0 bridgehead atoms. The molecule has 2 saturated heterocycles. The summed E-state index contributed by atoms with van der Waals surface area (Å²) in [6.07, 6.45) is 0.712. The first-order chi connectivity index (χ1) is 17.3. The number of likely N-dealkylation sites (tertiary alicyclic amines) is 2. The van der Waals surface area contributed by atoms with Gasteiger partial charge in [-0.1, -0.05) is 46.8 Å². The van der Waals surface area contributed by atoms with Gasteiger partial charge in [-0.05, 0) is 49.4 Å². The van der Waals surface area contributed by atoms with E-state index in [4.69, 9.17) is 4.74 Å². The predicted octanol–water partition coefficient (Wildman–Crippen LogP) is 2.71. The topological polar surface area (TPSA) is 91.0 Å². The van der Waals surface area contributed by atoms with Crippen LogP contribution in [0.3, 0.4) is 0 Å². The molecule has 0 aromatic heterocycles. The van der Waals surface area contributed by atoms with E-state index in [1.54, 1.807) is 26.1 Å². The van der Waals surface area contributed by atoms with Crippen LogP contribution in [-0.4, -0.2) is 77.9 Å². The monoisotopic (exact) mass is 518 g/mol. The third-order valence-electron chi connectivity index (χ3n) is 7.37. The number of carbonyl (C=O) groups excluding carboxylic acids is 3. The van der Waals surface area contributed by atoms with Crippen molar-refractivity contribution in [3.05, 3.63) is 35.6 Å².